The third kappa shape index (κ3) is 3.03. The molecule has 0 spiro atoms. The molecule has 0 saturated carbocycles. The monoisotopic (exact) mass is 282 g/mol. The van der Waals surface area contributed by atoms with Gasteiger partial charge >= 0.3 is 0 Å². The van der Waals surface area contributed by atoms with Crippen LogP contribution in [0.2, 0.25) is 0 Å². The van der Waals surface area contributed by atoms with Crippen LogP contribution in [0.5, 0.6) is 0 Å². The molecule has 108 valence electrons. The van der Waals surface area contributed by atoms with Gasteiger partial charge in [-0.1, -0.05) is 6.07 Å². The molecule has 3 aromatic rings. The second-order valence-corrected chi connectivity index (χ2v) is 5.15. The quantitative estimate of drug-likeness (QED) is 0.714. The van der Waals surface area contributed by atoms with Crippen molar-refractivity contribution in [2.45, 2.75) is 13.1 Å². The van der Waals surface area contributed by atoms with Crippen molar-refractivity contribution in [3.63, 3.8) is 0 Å². The Morgan fingerprint density at radius 3 is 2.86 bits per heavy atom. The SMILES string of the molecule is CN(CCc1ccccn1)Cn1c(=O)ccn2cccc12. The van der Waals surface area contributed by atoms with Gasteiger partial charge in [0.25, 0.3) is 5.56 Å². The number of pyridine rings is 1. The second-order valence-electron chi connectivity index (χ2n) is 5.15. The van der Waals surface area contributed by atoms with Crippen molar-refractivity contribution >= 4 is 5.65 Å². The van der Waals surface area contributed by atoms with E-state index in [9.17, 15) is 4.79 Å². The summed E-state index contributed by atoms with van der Waals surface area (Å²) in [5.41, 5.74) is 2.00. The molecule has 0 saturated heterocycles. The normalized spacial score (nSPS) is 11.3. The van der Waals surface area contributed by atoms with E-state index < -0.39 is 0 Å². The van der Waals surface area contributed by atoms with Crippen molar-refractivity contribution in [1.29, 1.82) is 0 Å². The van der Waals surface area contributed by atoms with E-state index in [2.05, 4.69) is 9.88 Å². The van der Waals surface area contributed by atoms with E-state index >= 15 is 0 Å². The molecule has 0 unspecified atom stereocenters. The molecule has 3 heterocycles. The Balaban J connectivity index is 1.71. The molecular formula is C16H18N4O. The van der Waals surface area contributed by atoms with Gasteiger partial charge in [-0.25, -0.2) is 0 Å². The first-order chi connectivity index (χ1) is 10.2. The highest BCUT2D eigenvalue weighted by atomic mass is 16.1. The minimum absolute atomic E-state index is 0.0193. The molecule has 0 amide bonds. The molecule has 3 rings (SSSR count). The fourth-order valence-electron chi connectivity index (χ4n) is 2.39. The molecule has 0 aliphatic heterocycles. The molecule has 21 heavy (non-hydrogen) atoms. The molecule has 0 aliphatic rings. The van der Waals surface area contributed by atoms with Gasteiger partial charge in [0.1, 0.15) is 5.65 Å². The first-order valence-corrected chi connectivity index (χ1v) is 6.99. The number of rotatable bonds is 5. The van der Waals surface area contributed by atoms with Gasteiger partial charge in [-0.15, -0.1) is 0 Å². The zero-order valence-electron chi connectivity index (χ0n) is 12.0. The Morgan fingerprint density at radius 2 is 2.05 bits per heavy atom. The highest BCUT2D eigenvalue weighted by Gasteiger charge is 2.06. The summed E-state index contributed by atoms with van der Waals surface area (Å²) in [5, 5.41) is 0. The van der Waals surface area contributed by atoms with Gasteiger partial charge < -0.3 is 4.40 Å². The molecule has 0 bridgehead atoms. The van der Waals surface area contributed by atoms with Crippen LogP contribution >= 0.6 is 0 Å². The fraction of sp³-hybridized carbons (Fsp3) is 0.250. The van der Waals surface area contributed by atoms with Crippen molar-refractivity contribution in [3.05, 3.63) is 71.0 Å². The van der Waals surface area contributed by atoms with Crippen LogP contribution in [0, 0.1) is 0 Å². The highest BCUT2D eigenvalue weighted by molar-refractivity contribution is 5.39. The summed E-state index contributed by atoms with van der Waals surface area (Å²) in [5.74, 6) is 0. The molecule has 5 heteroatoms. The first-order valence-electron chi connectivity index (χ1n) is 6.99. The van der Waals surface area contributed by atoms with Crippen LogP contribution in [0.1, 0.15) is 5.69 Å². The van der Waals surface area contributed by atoms with Crippen LogP contribution in [0.3, 0.4) is 0 Å². The molecule has 5 nitrogen and oxygen atoms in total. The number of likely N-dealkylation sites (N-methyl/N-ethyl adjacent to an activating group) is 1. The number of hydrogen-bond acceptors (Lipinski definition) is 3. The van der Waals surface area contributed by atoms with E-state index in [4.69, 9.17) is 0 Å². The van der Waals surface area contributed by atoms with Gasteiger partial charge in [-0.05, 0) is 31.3 Å². The topological polar surface area (TPSA) is 42.5 Å². The highest BCUT2D eigenvalue weighted by Crippen LogP contribution is 2.03. The Hall–Kier alpha value is -2.40. The summed E-state index contributed by atoms with van der Waals surface area (Å²) in [4.78, 5) is 18.5. The van der Waals surface area contributed by atoms with E-state index in [1.165, 1.54) is 0 Å². The van der Waals surface area contributed by atoms with E-state index in [0.29, 0.717) is 6.67 Å². The number of fused-ring (bicyclic) bond motifs is 1. The van der Waals surface area contributed by atoms with Crippen LogP contribution in [0.15, 0.2) is 59.8 Å². The summed E-state index contributed by atoms with van der Waals surface area (Å²) < 4.78 is 3.73. The van der Waals surface area contributed by atoms with Gasteiger partial charge in [0.05, 0.1) is 6.67 Å². The maximum Gasteiger partial charge on any atom is 0.254 e. The van der Waals surface area contributed by atoms with Crippen molar-refractivity contribution in [2.24, 2.45) is 0 Å². The zero-order chi connectivity index (χ0) is 14.7. The largest absolute Gasteiger partial charge is 0.310 e. The lowest BCUT2D eigenvalue weighted by atomic mass is 10.2. The Labute approximate surface area is 123 Å². The van der Waals surface area contributed by atoms with E-state index in [1.54, 1.807) is 23.0 Å². The lowest BCUT2D eigenvalue weighted by Crippen LogP contribution is -2.31. The Kier molecular flexibility index (Phi) is 3.83. The van der Waals surface area contributed by atoms with Crippen LogP contribution in [0.4, 0.5) is 0 Å². The number of aromatic nitrogens is 3. The predicted octanol–water partition coefficient (Wildman–Crippen LogP) is 1.63. The maximum atomic E-state index is 12.1. The Bertz CT molecular complexity index is 776. The molecule has 0 fully saturated rings. The molecular weight excluding hydrogens is 264 g/mol. The molecule has 0 N–H and O–H groups in total. The first kappa shape index (κ1) is 13.6. The average Bonchev–Trinajstić information content (AvgIpc) is 2.98. The summed E-state index contributed by atoms with van der Waals surface area (Å²) in [6, 6.07) is 11.4. The van der Waals surface area contributed by atoms with E-state index in [1.807, 2.05) is 48.0 Å². The zero-order valence-corrected chi connectivity index (χ0v) is 12.0. The maximum absolute atomic E-state index is 12.1. The second kappa shape index (κ2) is 5.93. The van der Waals surface area contributed by atoms with Crippen molar-refractivity contribution in [3.8, 4) is 0 Å². The third-order valence-corrected chi connectivity index (χ3v) is 3.54. The van der Waals surface area contributed by atoms with E-state index in [0.717, 1.165) is 24.3 Å². The molecule has 0 aromatic carbocycles. The van der Waals surface area contributed by atoms with Crippen LogP contribution < -0.4 is 5.56 Å². The molecule has 3 aromatic heterocycles. The Morgan fingerprint density at radius 1 is 1.14 bits per heavy atom. The fourth-order valence-corrected chi connectivity index (χ4v) is 2.39. The van der Waals surface area contributed by atoms with Crippen molar-refractivity contribution in [1.82, 2.24) is 18.9 Å². The lowest BCUT2D eigenvalue weighted by Gasteiger charge is -2.18. The van der Waals surface area contributed by atoms with Gasteiger partial charge in [-0.2, -0.15) is 0 Å². The third-order valence-electron chi connectivity index (χ3n) is 3.54. The lowest BCUT2D eigenvalue weighted by molar-refractivity contribution is 0.270. The van der Waals surface area contributed by atoms with Gasteiger partial charge in [0.15, 0.2) is 0 Å². The number of nitrogens with zero attached hydrogens (tertiary/aromatic N) is 4. The molecule has 0 atom stereocenters. The average molecular weight is 282 g/mol. The van der Waals surface area contributed by atoms with Gasteiger partial charge in [-0.3, -0.25) is 19.2 Å². The van der Waals surface area contributed by atoms with Crippen LogP contribution in [-0.4, -0.2) is 32.4 Å². The smallest absolute Gasteiger partial charge is 0.254 e. The number of hydrogen-bond donors (Lipinski definition) is 0. The van der Waals surface area contributed by atoms with Gasteiger partial charge in [0, 0.05) is 43.3 Å². The van der Waals surface area contributed by atoms with Crippen LogP contribution in [0.25, 0.3) is 5.65 Å². The summed E-state index contributed by atoms with van der Waals surface area (Å²) >= 11 is 0. The molecule has 0 aliphatic carbocycles. The minimum Gasteiger partial charge on any atom is -0.310 e. The summed E-state index contributed by atoms with van der Waals surface area (Å²) in [6.07, 6.45) is 6.42. The van der Waals surface area contributed by atoms with Crippen LogP contribution in [-0.2, 0) is 13.1 Å². The standard InChI is InChI=1S/C16H18N4O/c1-18(11-7-14-5-2-3-9-17-14)13-20-15-6-4-10-19(15)12-8-16(20)21/h2-6,8-10,12H,7,11,13H2,1H3. The van der Waals surface area contributed by atoms with Crippen molar-refractivity contribution in [2.75, 3.05) is 13.6 Å². The van der Waals surface area contributed by atoms with Crippen molar-refractivity contribution < 1.29 is 0 Å². The predicted molar refractivity (Wildman–Crippen MR) is 82.2 cm³/mol. The summed E-state index contributed by atoms with van der Waals surface area (Å²) in [7, 11) is 2.02. The van der Waals surface area contributed by atoms with Gasteiger partial charge in [0.2, 0.25) is 0 Å². The molecule has 0 radical (unpaired) electrons. The minimum atomic E-state index is 0.0193. The van der Waals surface area contributed by atoms with E-state index in [-0.39, 0.29) is 5.56 Å². The summed E-state index contributed by atoms with van der Waals surface area (Å²) in [6.45, 7) is 1.42.